The van der Waals surface area contributed by atoms with E-state index < -0.39 is 0 Å². The van der Waals surface area contributed by atoms with Gasteiger partial charge in [-0.1, -0.05) is 13.8 Å². The second-order valence-corrected chi connectivity index (χ2v) is 5.37. The molecule has 2 N–H and O–H groups in total. The van der Waals surface area contributed by atoms with Crippen molar-refractivity contribution in [3.05, 3.63) is 28.5 Å². The van der Waals surface area contributed by atoms with Crippen molar-refractivity contribution >= 4 is 15.9 Å². The van der Waals surface area contributed by atoms with Crippen LogP contribution < -0.4 is 5.73 Å². The van der Waals surface area contributed by atoms with Crippen LogP contribution in [-0.2, 0) is 0 Å². The van der Waals surface area contributed by atoms with Crippen LogP contribution in [0.5, 0.6) is 0 Å². The topological polar surface area (TPSA) is 38.9 Å². The van der Waals surface area contributed by atoms with Crippen molar-refractivity contribution in [1.29, 1.82) is 0 Å². The Labute approximate surface area is 93.0 Å². The maximum absolute atomic E-state index is 5.74. The van der Waals surface area contributed by atoms with Crippen LogP contribution in [0.4, 0.5) is 0 Å². The standard InChI is InChI=1S/C11H15BrN2/c1-11(2)7(6-13)9(11)10-8(12)4-3-5-14-10/h3-5,7,9H,6,13H2,1-2H3. The van der Waals surface area contributed by atoms with E-state index in [-0.39, 0.29) is 0 Å². The summed E-state index contributed by atoms with van der Waals surface area (Å²) < 4.78 is 1.11. The maximum Gasteiger partial charge on any atom is 0.0585 e. The molecule has 2 unspecified atom stereocenters. The van der Waals surface area contributed by atoms with Gasteiger partial charge in [0.05, 0.1) is 5.69 Å². The van der Waals surface area contributed by atoms with Gasteiger partial charge in [-0.15, -0.1) is 0 Å². The molecule has 0 spiro atoms. The number of aromatic nitrogens is 1. The molecule has 2 nitrogen and oxygen atoms in total. The lowest BCUT2D eigenvalue weighted by atomic mass is 10.1. The van der Waals surface area contributed by atoms with Gasteiger partial charge in [-0.3, -0.25) is 4.98 Å². The summed E-state index contributed by atoms with van der Waals surface area (Å²) in [5.74, 6) is 1.09. The Hall–Kier alpha value is -0.410. The van der Waals surface area contributed by atoms with Crippen molar-refractivity contribution in [3.63, 3.8) is 0 Å². The van der Waals surface area contributed by atoms with E-state index in [2.05, 4.69) is 34.8 Å². The van der Waals surface area contributed by atoms with Gasteiger partial charge in [0, 0.05) is 16.6 Å². The number of hydrogen-bond acceptors (Lipinski definition) is 2. The van der Waals surface area contributed by atoms with Crippen molar-refractivity contribution in [3.8, 4) is 0 Å². The normalized spacial score (nSPS) is 28.9. The highest BCUT2D eigenvalue weighted by molar-refractivity contribution is 9.10. The molecular weight excluding hydrogens is 240 g/mol. The van der Waals surface area contributed by atoms with Crippen LogP contribution in [0.2, 0.25) is 0 Å². The van der Waals surface area contributed by atoms with E-state index in [9.17, 15) is 0 Å². The average Bonchev–Trinajstić information content (AvgIpc) is 2.69. The molecule has 0 bridgehead atoms. The van der Waals surface area contributed by atoms with Gasteiger partial charge in [-0.2, -0.15) is 0 Å². The molecule has 2 atom stereocenters. The number of rotatable bonds is 2. The van der Waals surface area contributed by atoms with E-state index in [0.29, 0.717) is 17.3 Å². The number of halogens is 1. The average molecular weight is 255 g/mol. The number of nitrogens with zero attached hydrogens (tertiary/aromatic N) is 1. The van der Waals surface area contributed by atoms with Gasteiger partial charge in [-0.05, 0) is 45.9 Å². The van der Waals surface area contributed by atoms with Crippen LogP contribution in [0.15, 0.2) is 22.8 Å². The quantitative estimate of drug-likeness (QED) is 0.881. The summed E-state index contributed by atoms with van der Waals surface area (Å²) in [6.07, 6.45) is 1.85. The summed E-state index contributed by atoms with van der Waals surface area (Å²) in [6.45, 7) is 5.27. The third kappa shape index (κ3) is 1.39. The van der Waals surface area contributed by atoms with Crippen molar-refractivity contribution in [2.24, 2.45) is 17.1 Å². The first-order valence-electron chi connectivity index (χ1n) is 4.89. The first kappa shape index (κ1) is 10.1. The van der Waals surface area contributed by atoms with E-state index in [1.165, 1.54) is 0 Å². The summed E-state index contributed by atoms with van der Waals surface area (Å²) >= 11 is 3.54. The predicted molar refractivity (Wildman–Crippen MR) is 61.0 cm³/mol. The molecule has 1 aromatic rings. The highest BCUT2D eigenvalue weighted by Crippen LogP contribution is 2.64. The van der Waals surface area contributed by atoms with Crippen LogP contribution in [-0.4, -0.2) is 11.5 Å². The fourth-order valence-corrected chi connectivity index (χ4v) is 2.86. The Morgan fingerprint density at radius 2 is 2.29 bits per heavy atom. The molecule has 1 aliphatic carbocycles. The molecule has 0 saturated heterocycles. The zero-order valence-corrected chi connectivity index (χ0v) is 10.1. The summed E-state index contributed by atoms with van der Waals surface area (Å²) in [4.78, 5) is 4.43. The molecule has 0 aliphatic heterocycles. The van der Waals surface area contributed by atoms with Gasteiger partial charge in [-0.25, -0.2) is 0 Å². The van der Waals surface area contributed by atoms with E-state index in [1.807, 2.05) is 18.3 Å². The molecule has 76 valence electrons. The predicted octanol–water partition coefficient (Wildman–Crippen LogP) is 2.54. The number of hydrogen-bond donors (Lipinski definition) is 1. The van der Waals surface area contributed by atoms with Crippen LogP contribution in [0.3, 0.4) is 0 Å². The molecule has 1 fully saturated rings. The van der Waals surface area contributed by atoms with E-state index in [1.54, 1.807) is 0 Å². The largest absolute Gasteiger partial charge is 0.330 e. The molecule has 0 amide bonds. The fraction of sp³-hybridized carbons (Fsp3) is 0.545. The minimum atomic E-state index is 0.311. The van der Waals surface area contributed by atoms with Gasteiger partial charge < -0.3 is 5.73 Å². The molecule has 14 heavy (non-hydrogen) atoms. The lowest BCUT2D eigenvalue weighted by Gasteiger charge is -2.03. The van der Waals surface area contributed by atoms with Crippen LogP contribution in [0, 0.1) is 11.3 Å². The third-order valence-electron chi connectivity index (χ3n) is 3.39. The van der Waals surface area contributed by atoms with Gasteiger partial charge in [0.25, 0.3) is 0 Å². The molecule has 3 heteroatoms. The Morgan fingerprint density at radius 3 is 2.79 bits per heavy atom. The first-order valence-corrected chi connectivity index (χ1v) is 5.68. The van der Waals surface area contributed by atoms with Crippen molar-refractivity contribution in [2.75, 3.05) is 6.54 Å². The Bertz CT molecular complexity index is 349. The van der Waals surface area contributed by atoms with Crippen molar-refractivity contribution < 1.29 is 0 Å². The summed E-state index contributed by atoms with van der Waals surface area (Å²) in [7, 11) is 0. The highest BCUT2D eigenvalue weighted by atomic mass is 79.9. The molecule has 0 radical (unpaired) electrons. The lowest BCUT2D eigenvalue weighted by Crippen LogP contribution is -2.05. The highest BCUT2D eigenvalue weighted by Gasteiger charge is 2.58. The summed E-state index contributed by atoms with van der Waals surface area (Å²) in [5.41, 5.74) is 7.22. The fourth-order valence-electron chi connectivity index (χ4n) is 2.35. The monoisotopic (exact) mass is 254 g/mol. The molecule has 0 aromatic carbocycles. The molecule has 1 aliphatic rings. The van der Waals surface area contributed by atoms with E-state index in [0.717, 1.165) is 16.7 Å². The Morgan fingerprint density at radius 1 is 1.57 bits per heavy atom. The van der Waals surface area contributed by atoms with Crippen molar-refractivity contribution in [2.45, 2.75) is 19.8 Å². The first-order chi connectivity index (χ1) is 6.59. The van der Waals surface area contributed by atoms with E-state index in [4.69, 9.17) is 5.73 Å². The minimum absolute atomic E-state index is 0.311. The van der Waals surface area contributed by atoms with Crippen LogP contribution in [0.1, 0.15) is 25.5 Å². The minimum Gasteiger partial charge on any atom is -0.330 e. The van der Waals surface area contributed by atoms with Gasteiger partial charge in [0.1, 0.15) is 0 Å². The van der Waals surface area contributed by atoms with Gasteiger partial charge in [0.15, 0.2) is 0 Å². The number of pyridine rings is 1. The Kier molecular flexibility index (Phi) is 2.40. The van der Waals surface area contributed by atoms with Gasteiger partial charge >= 0.3 is 0 Å². The van der Waals surface area contributed by atoms with Crippen LogP contribution >= 0.6 is 15.9 Å². The summed E-state index contributed by atoms with van der Waals surface area (Å²) in [6, 6.07) is 3.99. The molecule has 1 heterocycles. The molecule has 2 rings (SSSR count). The van der Waals surface area contributed by atoms with Crippen molar-refractivity contribution in [1.82, 2.24) is 4.98 Å². The second kappa shape index (κ2) is 3.31. The molecule has 1 aromatic heterocycles. The zero-order chi connectivity index (χ0) is 10.3. The second-order valence-electron chi connectivity index (χ2n) is 4.51. The maximum atomic E-state index is 5.74. The van der Waals surface area contributed by atoms with Gasteiger partial charge in [0.2, 0.25) is 0 Å². The summed E-state index contributed by atoms with van der Waals surface area (Å²) in [5, 5.41) is 0. The number of nitrogens with two attached hydrogens (primary N) is 1. The lowest BCUT2D eigenvalue weighted by molar-refractivity contribution is 0.557. The third-order valence-corrected chi connectivity index (χ3v) is 4.06. The molecular formula is C11H15BrN2. The molecule has 1 saturated carbocycles. The smallest absolute Gasteiger partial charge is 0.0585 e. The Balaban J connectivity index is 2.31. The zero-order valence-electron chi connectivity index (χ0n) is 8.50. The van der Waals surface area contributed by atoms with E-state index >= 15 is 0 Å². The SMILES string of the molecule is CC1(C)C(CN)C1c1ncccc1Br. The van der Waals surface area contributed by atoms with Crippen LogP contribution in [0.25, 0.3) is 0 Å².